The van der Waals surface area contributed by atoms with Crippen LogP contribution in [0.25, 0.3) is 0 Å². The third kappa shape index (κ3) is 3.83. The van der Waals surface area contributed by atoms with Crippen molar-refractivity contribution in [2.75, 3.05) is 6.54 Å². The number of benzene rings is 1. The highest BCUT2D eigenvalue weighted by molar-refractivity contribution is 9.10. The zero-order valence-corrected chi connectivity index (χ0v) is 13.1. The summed E-state index contributed by atoms with van der Waals surface area (Å²) in [4.78, 5) is 0. The Morgan fingerprint density at radius 3 is 2.83 bits per heavy atom. The lowest BCUT2D eigenvalue weighted by molar-refractivity contribution is 0.468. The summed E-state index contributed by atoms with van der Waals surface area (Å²) < 4.78 is 1.29. The van der Waals surface area contributed by atoms with Crippen LogP contribution in [0.1, 0.15) is 56.2 Å². The Kier molecular flexibility index (Phi) is 5.25. The van der Waals surface area contributed by atoms with Crippen LogP contribution in [-0.4, -0.2) is 6.54 Å². The van der Waals surface area contributed by atoms with Crippen LogP contribution in [0.15, 0.2) is 22.7 Å². The van der Waals surface area contributed by atoms with Crippen molar-refractivity contribution in [1.82, 2.24) is 5.32 Å². The Hall–Kier alpha value is -0.340. The maximum atomic E-state index is 3.76. The fraction of sp³-hybridized carbons (Fsp3) is 0.625. The number of hydrogen-bond donors (Lipinski definition) is 1. The van der Waals surface area contributed by atoms with E-state index in [1.807, 2.05) is 0 Å². The summed E-state index contributed by atoms with van der Waals surface area (Å²) in [6.07, 6.45) is 6.75. The highest BCUT2D eigenvalue weighted by atomic mass is 79.9. The number of nitrogens with one attached hydrogen (secondary N) is 1. The first kappa shape index (κ1) is 14.1. The highest BCUT2D eigenvalue weighted by Crippen LogP contribution is 2.37. The van der Waals surface area contributed by atoms with Crippen molar-refractivity contribution in [1.29, 1.82) is 0 Å². The molecule has 0 amide bonds. The number of halogens is 1. The molecule has 1 unspecified atom stereocenters. The van der Waals surface area contributed by atoms with Gasteiger partial charge in [0.15, 0.2) is 0 Å². The summed E-state index contributed by atoms with van der Waals surface area (Å²) >= 11 is 3.76. The molecule has 2 rings (SSSR count). The first-order valence-corrected chi connectivity index (χ1v) is 8.00. The van der Waals surface area contributed by atoms with Gasteiger partial charge >= 0.3 is 0 Å². The molecule has 1 atom stereocenters. The second-order valence-electron chi connectivity index (χ2n) is 5.51. The van der Waals surface area contributed by atoms with Crippen LogP contribution in [-0.2, 0) is 0 Å². The second-order valence-corrected chi connectivity index (χ2v) is 6.30. The van der Waals surface area contributed by atoms with Crippen LogP contribution in [0, 0.1) is 12.8 Å². The number of rotatable bonds is 7. The van der Waals surface area contributed by atoms with E-state index in [0.717, 1.165) is 12.5 Å². The normalized spacial score (nSPS) is 16.8. The average Bonchev–Trinajstić information content (AvgIpc) is 3.18. The van der Waals surface area contributed by atoms with Gasteiger partial charge in [0, 0.05) is 10.5 Å². The SMILES string of the molecule is CCCNC(CCC1CC1)c1cccc(C)c1Br. The van der Waals surface area contributed by atoms with E-state index in [-0.39, 0.29) is 0 Å². The summed E-state index contributed by atoms with van der Waals surface area (Å²) in [5.41, 5.74) is 2.77. The molecule has 2 heteroatoms. The van der Waals surface area contributed by atoms with Gasteiger partial charge in [-0.15, -0.1) is 0 Å². The minimum Gasteiger partial charge on any atom is -0.310 e. The third-order valence-corrected chi connectivity index (χ3v) is 4.88. The lowest BCUT2D eigenvalue weighted by Crippen LogP contribution is -2.22. The first-order valence-electron chi connectivity index (χ1n) is 7.20. The van der Waals surface area contributed by atoms with Crippen LogP contribution < -0.4 is 5.32 Å². The van der Waals surface area contributed by atoms with E-state index in [1.165, 1.54) is 47.7 Å². The molecular weight excluding hydrogens is 286 g/mol. The van der Waals surface area contributed by atoms with Gasteiger partial charge in [0.1, 0.15) is 0 Å². The first-order chi connectivity index (χ1) is 8.72. The molecule has 0 saturated heterocycles. The van der Waals surface area contributed by atoms with Crippen LogP contribution in [0.2, 0.25) is 0 Å². The number of hydrogen-bond acceptors (Lipinski definition) is 1. The van der Waals surface area contributed by atoms with Gasteiger partial charge in [0.2, 0.25) is 0 Å². The molecule has 100 valence electrons. The standard InChI is InChI=1S/C16H24BrN/c1-3-11-18-15(10-9-13-7-8-13)14-6-4-5-12(2)16(14)17/h4-6,13,15,18H,3,7-11H2,1-2H3. The fourth-order valence-corrected chi connectivity index (χ4v) is 2.97. The van der Waals surface area contributed by atoms with Crippen LogP contribution >= 0.6 is 15.9 Å². The molecule has 1 aromatic rings. The van der Waals surface area contributed by atoms with Crippen molar-refractivity contribution in [2.45, 2.75) is 52.0 Å². The molecule has 0 radical (unpaired) electrons. The molecular formula is C16H24BrN. The molecule has 1 fully saturated rings. The lowest BCUT2D eigenvalue weighted by atomic mass is 9.98. The van der Waals surface area contributed by atoms with E-state index in [2.05, 4.69) is 53.3 Å². The van der Waals surface area contributed by atoms with Crippen LogP contribution in [0.3, 0.4) is 0 Å². The van der Waals surface area contributed by atoms with E-state index in [9.17, 15) is 0 Å². The van der Waals surface area contributed by atoms with Crippen LogP contribution in [0.5, 0.6) is 0 Å². The molecule has 1 N–H and O–H groups in total. The van der Waals surface area contributed by atoms with Gasteiger partial charge in [-0.05, 0) is 49.8 Å². The molecule has 1 aromatic carbocycles. The number of aryl methyl sites for hydroxylation is 1. The van der Waals surface area contributed by atoms with E-state index in [4.69, 9.17) is 0 Å². The maximum Gasteiger partial charge on any atom is 0.0331 e. The minimum atomic E-state index is 0.514. The van der Waals surface area contributed by atoms with Crippen molar-refractivity contribution in [2.24, 2.45) is 5.92 Å². The molecule has 1 saturated carbocycles. The quantitative estimate of drug-likeness (QED) is 0.748. The third-order valence-electron chi connectivity index (χ3n) is 3.80. The maximum absolute atomic E-state index is 3.76. The summed E-state index contributed by atoms with van der Waals surface area (Å²) in [5, 5.41) is 3.71. The van der Waals surface area contributed by atoms with Crippen molar-refractivity contribution in [3.63, 3.8) is 0 Å². The highest BCUT2D eigenvalue weighted by Gasteiger charge is 2.23. The van der Waals surface area contributed by atoms with E-state index >= 15 is 0 Å². The van der Waals surface area contributed by atoms with E-state index < -0.39 is 0 Å². The largest absolute Gasteiger partial charge is 0.310 e. The van der Waals surface area contributed by atoms with Gasteiger partial charge in [0.05, 0.1) is 0 Å². The van der Waals surface area contributed by atoms with Crippen molar-refractivity contribution in [3.05, 3.63) is 33.8 Å². The predicted molar refractivity (Wildman–Crippen MR) is 81.9 cm³/mol. The van der Waals surface area contributed by atoms with Crippen molar-refractivity contribution < 1.29 is 0 Å². The fourth-order valence-electron chi connectivity index (χ4n) is 2.43. The van der Waals surface area contributed by atoms with E-state index in [0.29, 0.717) is 6.04 Å². The van der Waals surface area contributed by atoms with Gasteiger partial charge in [-0.1, -0.05) is 53.9 Å². The lowest BCUT2D eigenvalue weighted by Gasteiger charge is -2.21. The molecule has 0 bridgehead atoms. The Bertz CT molecular complexity index is 385. The Labute approximate surface area is 119 Å². The summed E-state index contributed by atoms with van der Waals surface area (Å²) in [6.45, 7) is 5.51. The van der Waals surface area contributed by atoms with Crippen molar-refractivity contribution in [3.8, 4) is 0 Å². The Balaban J connectivity index is 2.06. The predicted octanol–water partition coefficient (Wildman–Crippen LogP) is 4.99. The molecule has 18 heavy (non-hydrogen) atoms. The van der Waals surface area contributed by atoms with Gasteiger partial charge in [-0.3, -0.25) is 0 Å². The van der Waals surface area contributed by atoms with Gasteiger partial charge in [-0.2, -0.15) is 0 Å². The Morgan fingerprint density at radius 1 is 1.39 bits per heavy atom. The zero-order valence-electron chi connectivity index (χ0n) is 11.5. The zero-order chi connectivity index (χ0) is 13.0. The monoisotopic (exact) mass is 309 g/mol. The molecule has 1 nitrogen and oxygen atoms in total. The van der Waals surface area contributed by atoms with Gasteiger partial charge < -0.3 is 5.32 Å². The van der Waals surface area contributed by atoms with Gasteiger partial charge in [-0.25, -0.2) is 0 Å². The summed E-state index contributed by atoms with van der Waals surface area (Å²) in [7, 11) is 0. The van der Waals surface area contributed by atoms with Crippen molar-refractivity contribution >= 4 is 15.9 Å². The smallest absolute Gasteiger partial charge is 0.0331 e. The molecule has 1 aliphatic rings. The second kappa shape index (κ2) is 6.72. The molecule has 0 spiro atoms. The molecule has 1 aliphatic carbocycles. The molecule has 0 aromatic heterocycles. The average molecular weight is 310 g/mol. The summed E-state index contributed by atoms with van der Waals surface area (Å²) in [5.74, 6) is 1.01. The van der Waals surface area contributed by atoms with E-state index in [1.54, 1.807) is 0 Å². The topological polar surface area (TPSA) is 12.0 Å². The molecule has 0 aliphatic heterocycles. The Morgan fingerprint density at radius 2 is 2.17 bits per heavy atom. The van der Waals surface area contributed by atoms with Crippen LogP contribution in [0.4, 0.5) is 0 Å². The van der Waals surface area contributed by atoms with Gasteiger partial charge in [0.25, 0.3) is 0 Å². The minimum absolute atomic E-state index is 0.514. The molecule has 0 heterocycles. The summed E-state index contributed by atoms with van der Waals surface area (Å²) in [6, 6.07) is 7.12.